The predicted octanol–water partition coefficient (Wildman–Crippen LogP) is 3.64. The first-order valence-electron chi connectivity index (χ1n) is 11.2. The number of hydrogen-bond acceptors (Lipinski definition) is 3. The molecular formula is C26H33N3O3. The molecule has 1 aliphatic rings. The Morgan fingerprint density at radius 3 is 2.06 bits per heavy atom. The number of piperidine rings is 1. The predicted molar refractivity (Wildman–Crippen MR) is 126 cm³/mol. The van der Waals surface area contributed by atoms with E-state index in [-0.39, 0.29) is 23.6 Å². The highest BCUT2D eigenvalue weighted by atomic mass is 16.2. The number of nitrogens with zero attached hydrogens (tertiary/aromatic N) is 1. The Labute approximate surface area is 190 Å². The van der Waals surface area contributed by atoms with E-state index in [1.165, 1.54) is 0 Å². The maximum atomic E-state index is 13.0. The minimum absolute atomic E-state index is 0.112. The van der Waals surface area contributed by atoms with Crippen LogP contribution in [0.4, 0.5) is 5.69 Å². The van der Waals surface area contributed by atoms with Gasteiger partial charge in [0, 0.05) is 36.5 Å². The lowest BCUT2D eigenvalue weighted by molar-refractivity contribution is -0.142. The van der Waals surface area contributed by atoms with E-state index in [9.17, 15) is 14.4 Å². The number of para-hydroxylation sites is 1. The number of benzene rings is 2. The smallest absolute Gasteiger partial charge is 0.247 e. The van der Waals surface area contributed by atoms with Crippen LogP contribution in [0.25, 0.3) is 0 Å². The monoisotopic (exact) mass is 435 g/mol. The summed E-state index contributed by atoms with van der Waals surface area (Å²) in [7, 11) is 0. The van der Waals surface area contributed by atoms with Gasteiger partial charge in [0.2, 0.25) is 17.7 Å². The van der Waals surface area contributed by atoms with Gasteiger partial charge < -0.3 is 15.5 Å². The van der Waals surface area contributed by atoms with Gasteiger partial charge in [-0.05, 0) is 30.5 Å². The second-order valence-electron chi connectivity index (χ2n) is 9.42. The Bertz CT molecular complexity index is 914. The summed E-state index contributed by atoms with van der Waals surface area (Å²) in [4.78, 5) is 40.4. The highest BCUT2D eigenvalue weighted by Crippen LogP contribution is 2.24. The molecule has 32 heavy (non-hydrogen) atoms. The largest absolute Gasteiger partial charge is 0.344 e. The zero-order chi connectivity index (χ0) is 23.1. The average Bonchev–Trinajstić information content (AvgIpc) is 2.79. The van der Waals surface area contributed by atoms with Crippen molar-refractivity contribution >= 4 is 23.4 Å². The van der Waals surface area contributed by atoms with Gasteiger partial charge in [-0.2, -0.15) is 0 Å². The molecule has 6 heteroatoms. The molecule has 0 aromatic heterocycles. The van der Waals surface area contributed by atoms with Crippen LogP contribution < -0.4 is 10.6 Å². The van der Waals surface area contributed by atoms with Crippen LogP contribution in [0.5, 0.6) is 0 Å². The van der Waals surface area contributed by atoms with Gasteiger partial charge in [-0.15, -0.1) is 0 Å². The molecule has 170 valence electrons. The average molecular weight is 436 g/mol. The fourth-order valence-corrected chi connectivity index (χ4v) is 3.92. The third kappa shape index (κ3) is 6.42. The van der Waals surface area contributed by atoms with E-state index >= 15 is 0 Å². The molecule has 0 spiro atoms. The molecule has 1 aliphatic heterocycles. The number of amides is 3. The van der Waals surface area contributed by atoms with Gasteiger partial charge in [0.25, 0.3) is 0 Å². The molecular weight excluding hydrogens is 402 g/mol. The summed E-state index contributed by atoms with van der Waals surface area (Å²) in [6.45, 7) is 6.86. The maximum absolute atomic E-state index is 13.0. The van der Waals surface area contributed by atoms with E-state index in [4.69, 9.17) is 0 Å². The molecule has 1 atom stereocenters. The second-order valence-corrected chi connectivity index (χ2v) is 9.42. The SMILES string of the molecule is CC(C)(C)C(=O)N1CCC(C(=O)NC(Cc2ccccc2)C(=O)Nc2ccccc2)CC1. The van der Waals surface area contributed by atoms with Crippen LogP contribution in [0.2, 0.25) is 0 Å². The fraction of sp³-hybridized carbons (Fsp3) is 0.423. The van der Waals surface area contributed by atoms with Crippen LogP contribution in [0.15, 0.2) is 60.7 Å². The lowest BCUT2D eigenvalue weighted by Gasteiger charge is -2.35. The van der Waals surface area contributed by atoms with Gasteiger partial charge >= 0.3 is 0 Å². The van der Waals surface area contributed by atoms with Gasteiger partial charge in [-0.1, -0.05) is 69.3 Å². The summed E-state index contributed by atoms with van der Waals surface area (Å²) in [6, 6.07) is 18.2. The zero-order valence-electron chi connectivity index (χ0n) is 19.1. The minimum Gasteiger partial charge on any atom is -0.344 e. The van der Waals surface area contributed by atoms with Crippen molar-refractivity contribution in [3.63, 3.8) is 0 Å². The molecule has 1 unspecified atom stereocenters. The molecule has 3 rings (SSSR count). The molecule has 2 aromatic rings. The number of carbonyl (C=O) groups excluding carboxylic acids is 3. The third-order valence-corrected chi connectivity index (χ3v) is 5.75. The fourth-order valence-electron chi connectivity index (χ4n) is 3.92. The summed E-state index contributed by atoms with van der Waals surface area (Å²) < 4.78 is 0. The number of rotatable bonds is 6. The Hall–Kier alpha value is -3.15. The lowest BCUT2D eigenvalue weighted by atomic mass is 9.90. The van der Waals surface area contributed by atoms with Crippen LogP contribution in [-0.4, -0.2) is 41.8 Å². The first-order chi connectivity index (χ1) is 15.2. The lowest BCUT2D eigenvalue weighted by Crippen LogP contribution is -2.50. The van der Waals surface area contributed by atoms with Gasteiger partial charge in [0.15, 0.2) is 0 Å². The quantitative estimate of drug-likeness (QED) is 0.727. The van der Waals surface area contributed by atoms with Crippen molar-refractivity contribution in [2.45, 2.75) is 46.1 Å². The molecule has 1 saturated heterocycles. The molecule has 2 N–H and O–H groups in total. The van der Waals surface area contributed by atoms with Crippen LogP contribution >= 0.6 is 0 Å². The zero-order valence-corrected chi connectivity index (χ0v) is 19.1. The van der Waals surface area contributed by atoms with E-state index in [0.29, 0.717) is 38.0 Å². The molecule has 3 amide bonds. The summed E-state index contributed by atoms with van der Waals surface area (Å²) >= 11 is 0. The van der Waals surface area contributed by atoms with Crippen LogP contribution in [0, 0.1) is 11.3 Å². The number of nitrogens with one attached hydrogen (secondary N) is 2. The van der Waals surface area contributed by atoms with Crippen molar-refractivity contribution in [1.29, 1.82) is 0 Å². The summed E-state index contributed by atoms with van der Waals surface area (Å²) in [5.74, 6) is -0.465. The van der Waals surface area contributed by atoms with Crippen molar-refractivity contribution in [2.24, 2.45) is 11.3 Å². The number of hydrogen-bond donors (Lipinski definition) is 2. The molecule has 1 fully saturated rings. The molecule has 0 radical (unpaired) electrons. The van der Waals surface area contributed by atoms with Gasteiger partial charge in [0.1, 0.15) is 6.04 Å². The maximum Gasteiger partial charge on any atom is 0.247 e. The Morgan fingerprint density at radius 1 is 0.938 bits per heavy atom. The van der Waals surface area contributed by atoms with E-state index < -0.39 is 11.5 Å². The van der Waals surface area contributed by atoms with Gasteiger partial charge in [0.05, 0.1) is 0 Å². The number of anilines is 1. The minimum atomic E-state index is -0.681. The molecule has 0 aliphatic carbocycles. The highest BCUT2D eigenvalue weighted by molar-refractivity contribution is 5.97. The normalized spacial score (nSPS) is 15.7. The first-order valence-corrected chi connectivity index (χ1v) is 11.2. The summed E-state index contributed by atoms with van der Waals surface area (Å²) in [5.41, 5.74) is 1.25. The van der Waals surface area contributed by atoms with Crippen LogP contribution in [-0.2, 0) is 20.8 Å². The van der Waals surface area contributed by atoms with E-state index in [1.54, 1.807) is 0 Å². The van der Waals surface area contributed by atoms with Gasteiger partial charge in [-0.25, -0.2) is 0 Å². The summed E-state index contributed by atoms with van der Waals surface area (Å²) in [6.07, 6.45) is 1.62. The standard InChI is InChI=1S/C26H33N3O3/c1-26(2,3)25(32)29-16-14-20(15-17-29)23(30)28-22(18-19-10-6-4-7-11-19)24(31)27-21-12-8-5-9-13-21/h4-13,20,22H,14-18H2,1-3H3,(H,27,31)(H,28,30). The van der Waals surface area contributed by atoms with Gasteiger partial charge in [-0.3, -0.25) is 14.4 Å². The van der Waals surface area contributed by atoms with Crippen molar-refractivity contribution in [3.8, 4) is 0 Å². The van der Waals surface area contributed by atoms with E-state index in [1.807, 2.05) is 86.3 Å². The summed E-state index contributed by atoms with van der Waals surface area (Å²) in [5, 5.41) is 5.88. The van der Waals surface area contributed by atoms with Crippen LogP contribution in [0.1, 0.15) is 39.2 Å². The van der Waals surface area contributed by atoms with E-state index in [2.05, 4.69) is 10.6 Å². The third-order valence-electron chi connectivity index (χ3n) is 5.75. The van der Waals surface area contributed by atoms with Crippen molar-refractivity contribution in [3.05, 3.63) is 66.2 Å². The first kappa shape index (κ1) is 23.5. The number of carbonyl (C=O) groups is 3. The Morgan fingerprint density at radius 2 is 1.50 bits per heavy atom. The highest BCUT2D eigenvalue weighted by Gasteiger charge is 2.33. The Balaban J connectivity index is 1.64. The second kappa shape index (κ2) is 10.4. The topological polar surface area (TPSA) is 78.5 Å². The molecule has 2 aromatic carbocycles. The van der Waals surface area contributed by atoms with Crippen molar-refractivity contribution in [1.82, 2.24) is 10.2 Å². The van der Waals surface area contributed by atoms with Crippen molar-refractivity contribution < 1.29 is 14.4 Å². The van der Waals surface area contributed by atoms with Crippen LogP contribution in [0.3, 0.4) is 0 Å². The number of likely N-dealkylation sites (tertiary alicyclic amines) is 1. The molecule has 0 bridgehead atoms. The Kier molecular flexibility index (Phi) is 7.67. The molecule has 1 heterocycles. The molecule has 0 saturated carbocycles. The molecule has 6 nitrogen and oxygen atoms in total. The van der Waals surface area contributed by atoms with E-state index in [0.717, 1.165) is 5.56 Å². The van der Waals surface area contributed by atoms with Crippen molar-refractivity contribution in [2.75, 3.05) is 18.4 Å².